The van der Waals surface area contributed by atoms with Crippen LogP contribution in [-0.2, 0) is 10.1 Å². The van der Waals surface area contributed by atoms with Gasteiger partial charge in [0.2, 0.25) is 0 Å². The second-order valence-electron chi connectivity index (χ2n) is 3.18. The van der Waals surface area contributed by atoms with Crippen molar-refractivity contribution in [3.63, 3.8) is 0 Å². The van der Waals surface area contributed by atoms with E-state index in [0.29, 0.717) is 0 Å². The predicted molar refractivity (Wildman–Crippen MR) is 48.5 cm³/mol. The van der Waals surface area contributed by atoms with Crippen molar-refractivity contribution in [3.05, 3.63) is 29.8 Å². The van der Waals surface area contributed by atoms with E-state index in [9.17, 15) is 13.0 Å². The molecule has 1 aromatic carbocycles. The van der Waals surface area contributed by atoms with Crippen LogP contribution >= 0.6 is 0 Å². The molecule has 0 aliphatic rings. The van der Waals surface area contributed by atoms with Crippen LogP contribution in [0, 0.1) is 0 Å². The van der Waals surface area contributed by atoms with Gasteiger partial charge in [-0.1, -0.05) is 26.0 Å². The van der Waals surface area contributed by atoms with Crippen molar-refractivity contribution in [2.75, 3.05) is 0 Å². The van der Waals surface area contributed by atoms with Crippen LogP contribution in [0.5, 0.6) is 0 Å². The molecule has 0 aromatic heterocycles. The van der Waals surface area contributed by atoms with Gasteiger partial charge in [-0.3, -0.25) is 0 Å². The molecule has 72 valence electrons. The molecule has 0 bridgehead atoms. The Morgan fingerprint density at radius 3 is 2.29 bits per heavy atom. The van der Waals surface area contributed by atoms with Gasteiger partial charge in [0.05, 0.1) is 4.90 Å². The van der Waals surface area contributed by atoms with Crippen molar-refractivity contribution >= 4 is 10.1 Å². The van der Waals surface area contributed by atoms with Crippen LogP contribution in [0.1, 0.15) is 25.3 Å². The summed E-state index contributed by atoms with van der Waals surface area (Å²) in [7, 11) is -4.31. The maximum Gasteiger partial charge on any atom is 1.00 e. The molecule has 5 heteroatoms. The number of hydrogen-bond donors (Lipinski definition) is 0. The molecule has 0 atom stereocenters. The predicted octanol–water partition coefficient (Wildman–Crippen LogP) is -1.28. The fraction of sp³-hybridized carbons (Fsp3) is 0.333. The van der Waals surface area contributed by atoms with E-state index in [-0.39, 0.29) is 40.4 Å². The van der Waals surface area contributed by atoms with Gasteiger partial charge in [0.25, 0.3) is 0 Å². The molecule has 0 spiro atoms. The number of rotatable bonds is 2. The van der Waals surface area contributed by atoms with Crippen LogP contribution in [0.25, 0.3) is 0 Å². The van der Waals surface area contributed by atoms with E-state index >= 15 is 0 Å². The average molecular weight is 222 g/mol. The molecule has 1 aromatic rings. The molecule has 3 nitrogen and oxygen atoms in total. The van der Waals surface area contributed by atoms with Crippen molar-refractivity contribution in [2.24, 2.45) is 0 Å². The van der Waals surface area contributed by atoms with Crippen LogP contribution in [0.3, 0.4) is 0 Å². The normalized spacial score (nSPS) is 11.1. The van der Waals surface area contributed by atoms with E-state index in [1.54, 1.807) is 12.1 Å². The first-order valence-corrected chi connectivity index (χ1v) is 5.38. The summed E-state index contributed by atoms with van der Waals surface area (Å²) >= 11 is 0. The molecule has 0 unspecified atom stereocenters. The van der Waals surface area contributed by atoms with Gasteiger partial charge in [-0.25, -0.2) is 8.42 Å². The average Bonchev–Trinajstić information content (AvgIpc) is 2.03. The van der Waals surface area contributed by atoms with Crippen LogP contribution in [0.2, 0.25) is 0 Å². The summed E-state index contributed by atoms with van der Waals surface area (Å²) in [6.45, 7) is 3.88. The maximum atomic E-state index is 10.7. The Morgan fingerprint density at radius 2 is 1.86 bits per heavy atom. The van der Waals surface area contributed by atoms with Crippen molar-refractivity contribution in [3.8, 4) is 0 Å². The summed E-state index contributed by atoms with van der Waals surface area (Å²) in [4.78, 5) is -0.154. The Hall–Kier alpha value is 0.130. The second-order valence-corrected chi connectivity index (χ2v) is 4.56. The van der Waals surface area contributed by atoms with Gasteiger partial charge < -0.3 is 4.55 Å². The van der Waals surface area contributed by atoms with Gasteiger partial charge in [0.15, 0.2) is 0 Å². The molecule has 0 N–H and O–H groups in total. The topological polar surface area (TPSA) is 57.2 Å². The van der Waals surface area contributed by atoms with E-state index in [4.69, 9.17) is 0 Å². The molecule has 1 rings (SSSR count). The molecule has 0 aliphatic heterocycles. The smallest absolute Gasteiger partial charge is 0.744 e. The minimum absolute atomic E-state index is 0. The zero-order chi connectivity index (χ0) is 10.1. The third kappa shape index (κ3) is 3.71. The number of benzene rings is 1. The molecule has 0 saturated carbocycles. The Kier molecular flexibility index (Phi) is 5.33. The molecule has 0 fully saturated rings. The molecule has 0 aliphatic carbocycles. The third-order valence-electron chi connectivity index (χ3n) is 1.81. The molecule has 14 heavy (non-hydrogen) atoms. The Morgan fingerprint density at radius 1 is 1.29 bits per heavy atom. The SMILES string of the molecule is CC(C)c1cccc(S(=O)(=O)[O-])c1.[Na+]. The molecule has 0 heterocycles. The largest absolute Gasteiger partial charge is 1.00 e. The van der Waals surface area contributed by atoms with Crippen molar-refractivity contribution in [1.82, 2.24) is 0 Å². The van der Waals surface area contributed by atoms with Gasteiger partial charge >= 0.3 is 29.6 Å². The van der Waals surface area contributed by atoms with Gasteiger partial charge in [0.1, 0.15) is 10.1 Å². The summed E-state index contributed by atoms with van der Waals surface area (Å²) in [5, 5.41) is 0. The van der Waals surface area contributed by atoms with E-state index in [1.165, 1.54) is 12.1 Å². The van der Waals surface area contributed by atoms with E-state index in [0.717, 1.165) is 5.56 Å². The first-order valence-electron chi connectivity index (χ1n) is 3.97. The molecule has 0 radical (unpaired) electrons. The Balaban J connectivity index is 0.00000169. The minimum Gasteiger partial charge on any atom is -0.744 e. The minimum atomic E-state index is -4.31. The van der Waals surface area contributed by atoms with Gasteiger partial charge in [-0.15, -0.1) is 0 Å². The summed E-state index contributed by atoms with van der Waals surface area (Å²) in [6.07, 6.45) is 0. The maximum absolute atomic E-state index is 10.7. The summed E-state index contributed by atoms with van der Waals surface area (Å²) < 4.78 is 32.0. The van der Waals surface area contributed by atoms with Gasteiger partial charge in [-0.05, 0) is 23.6 Å². The van der Waals surface area contributed by atoms with E-state index in [2.05, 4.69) is 0 Å². The Bertz CT molecular complexity index is 398. The number of hydrogen-bond acceptors (Lipinski definition) is 3. The summed E-state index contributed by atoms with van der Waals surface area (Å²) in [5.41, 5.74) is 0.858. The first kappa shape index (κ1) is 14.1. The standard InChI is InChI=1S/C9H12O3S.Na/c1-7(2)8-4-3-5-9(6-8)13(10,11)12;/h3-7H,1-2H3,(H,10,11,12);/q;+1/p-1. The van der Waals surface area contributed by atoms with Crippen LogP contribution in [-0.4, -0.2) is 13.0 Å². The van der Waals surface area contributed by atoms with Crippen LogP contribution < -0.4 is 29.6 Å². The zero-order valence-corrected chi connectivity index (χ0v) is 11.3. The fourth-order valence-electron chi connectivity index (χ4n) is 1.03. The van der Waals surface area contributed by atoms with Crippen molar-refractivity contribution in [1.29, 1.82) is 0 Å². The van der Waals surface area contributed by atoms with Crippen molar-refractivity contribution in [2.45, 2.75) is 24.7 Å². The molecule has 0 saturated heterocycles. The zero-order valence-electron chi connectivity index (χ0n) is 8.52. The first-order chi connectivity index (χ1) is 5.91. The van der Waals surface area contributed by atoms with Gasteiger partial charge in [-0.2, -0.15) is 0 Å². The summed E-state index contributed by atoms with van der Waals surface area (Å²) in [6, 6.07) is 6.13. The van der Waals surface area contributed by atoms with Crippen molar-refractivity contribution < 1.29 is 42.5 Å². The summed E-state index contributed by atoms with van der Waals surface area (Å²) in [5.74, 6) is 0.224. The molecular formula is C9H11NaO3S. The monoisotopic (exact) mass is 222 g/mol. The van der Waals surface area contributed by atoms with Crippen LogP contribution in [0.15, 0.2) is 29.2 Å². The van der Waals surface area contributed by atoms with Gasteiger partial charge in [0, 0.05) is 0 Å². The molecular weight excluding hydrogens is 211 g/mol. The Labute approximate surface area is 107 Å². The van der Waals surface area contributed by atoms with Crippen LogP contribution in [0.4, 0.5) is 0 Å². The molecule has 0 amide bonds. The fourth-order valence-corrected chi connectivity index (χ4v) is 1.55. The van der Waals surface area contributed by atoms with E-state index < -0.39 is 10.1 Å². The third-order valence-corrected chi connectivity index (χ3v) is 2.64. The second kappa shape index (κ2) is 5.28. The quantitative estimate of drug-likeness (QED) is 0.462. The van der Waals surface area contributed by atoms with E-state index in [1.807, 2.05) is 13.8 Å².